The van der Waals surface area contributed by atoms with Crippen molar-refractivity contribution in [2.24, 2.45) is 0 Å². The molecule has 9 heteroatoms. The maximum absolute atomic E-state index is 12.1. The van der Waals surface area contributed by atoms with Crippen molar-refractivity contribution in [3.8, 4) is 10.8 Å². The highest BCUT2D eigenvalue weighted by molar-refractivity contribution is 7.86. The summed E-state index contributed by atoms with van der Waals surface area (Å²) in [6, 6.07) is 3.86. The molecule has 3 rings (SSSR count). The molecule has 0 amide bonds. The van der Waals surface area contributed by atoms with Crippen LogP contribution in [-0.2, 0) is 16.8 Å². The van der Waals surface area contributed by atoms with Crippen LogP contribution in [0.2, 0.25) is 0 Å². The van der Waals surface area contributed by atoms with Gasteiger partial charge in [-0.25, -0.2) is 4.98 Å². The predicted octanol–water partition coefficient (Wildman–Crippen LogP) is 1.64. The minimum atomic E-state index is -3.31. The van der Waals surface area contributed by atoms with Gasteiger partial charge in [0.25, 0.3) is 10.2 Å². The van der Waals surface area contributed by atoms with Crippen LogP contribution in [0.25, 0.3) is 10.8 Å². The number of hydrogen-bond donors (Lipinski definition) is 0. The Bertz CT molecular complexity index is 789. The Morgan fingerprint density at radius 1 is 1.25 bits per heavy atom. The molecule has 1 fully saturated rings. The second-order valence-electron chi connectivity index (χ2n) is 6.02. The molecule has 7 nitrogen and oxygen atoms in total. The van der Waals surface area contributed by atoms with E-state index in [0.717, 1.165) is 28.8 Å². The average Bonchev–Trinajstić information content (AvgIpc) is 3.16. The molecule has 2 aromatic heterocycles. The van der Waals surface area contributed by atoms with Gasteiger partial charge in [0.15, 0.2) is 10.8 Å². The molecule has 24 heavy (non-hydrogen) atoms. The van der Waals surface area contributed by atoms with E-state index in [-0.39, 0.29) is 0 Å². The fraction of sp³-hybridized carbons (Fsp3) is 0.533. The van der Waals surface area contributed by atoms with Gasteiger partial charge in [0, 0.05) is 52.2 Å². The smallest absolute Gasteiger partial charge is 0.281 e. The van der Waals surface area contributed by atoms with Crippen molar-refractivity contribution in [1.29, 1.82) is 0 Å². The molecule has 0 saturated carbocycles. The molecular formula is C15H22N4O3S2. The molecule has 0 N–H and O–H groups in total. The van der Waals surface area contributed by atoms with Crippen molar-refractivity contribution in [3.05, 3.63) is 29.0 Å². The lowest BCUT2D eigenvalue weighted by molar-refractivity contribution is 0.176. The van der Waals surface area contributed by atoms with E-state index in [0.29, 0.717) is 26.2 Å². The monoisotopic (exact) mass is 370 g/mol. The SMILES string of the molecule is Cc1ccc(-c2nc(CN3CCN(S(=O)(=O)N(C)C)CC3)cs2)o1. The van der Waals surface area contributed by atoms with Gasteiger partial charge in [0.1, 0.15) is 5.76 Å². The fourth-order valence-corrected chi connectivity index (χ4v) is 4.48. The van der Waals surface area contributed by atoms with Crippen molar-refractivity contribution in [2.45, 2.75) is 13.5 Å². The third kappa shape index (κ3) is 3.70. The summed E-state index contributed by atoms with van der Waals surface area (Å²) in [5.74, 6) is 1.67. The molecule has 0 unspecified atom stereocenters. The third-order valence-electron chi connectivity index (χ3n) is 4.01. The minimum Gasteiger partial charge on any atom is -0.459 e. The molecule has 0 aromatic carbocycles. The summed E-state index contributed by atoms with van der Waals surface area (Å²) < 4.78 is 32.6. The quantitative estimate of drug-likeness (QED) is 0.800. The van der Waals surface area contributed by atoms with Gasteiger partial charge in [-0.1, -0.05) is 0 Å². The predicted molar refractivity (Wildman–Crippen MR) is 94.0 cm³/mol. The Morgan fingerprint density at radius 3 is 2.54 bits per heavy atom. The van der Waals surface area contributed by atoms with E-state index in [1.165, 1.54) is 8.61 Å². The number of nitrogens with zero attached hydrogens (tertiary/aromatic N) is 4. The Morgan fingerprint density at radius 2 is 1.96 bits per heavy atom. The van der Waals surface area contributed by atoms with Gasteiger partial charge in [-0.2, -0.15) is 17.0 Å². The van der Waals surface area contributed by atoms with Crippen LogP contribution in [-0.4, -0.2) is 67.2 Å². The molecule has 0 spiro atoms. The summed E-state index contributed by atoms with van der Waals surface area (Å²) in [5, 5.41) is 2.92. The van der Waals surface area contributed by atoms with Crippen LogP contribution in [0.15, 0.2) is 21.9 Å². The van der Waals surface area contributed by atoms with Crippen molar-refractivity contribution < 1.29 is 12.8 Å². The Labute approximate surface area is 146 Å². The van der Waals surface area contributed by atoms with Crippen molar-refractivity contribution in [2.75, 3.05) is 40.3 Å². The Kier molecular flexibility index (Phi) is 5.07. The highest BCUT2D eigenvalue weighted by Crippen LogP contribution is 2.26. The topological polar surface area (TPSA) is 69.9 Å². The lowest BCUT2D eigenvalue weighted by Crippen LogP contribution is -2.51. The standard InChI is InChI=1S/C15H22N4O3S2/c1-12-4-5-14(22-12)15-16-13(11-23-15)10-18-6-8-19(9-7-18)24(20,21)17(2)3/h4-5,11H,6-10H2,1-3H3. The Balaban J connectivity index is 1.58. The van der Waals surface area contributed by atoms with Crippen LogP contribution in [0.1, 0.15) is 11.5 Å². The second kappa shape index (κ2) is 6.93. The zero-order chi connectivity index (χ0) is 17.3. The molecule has 0 radical (unpaired) electrons. The molecule has 3 heterocycles. The van der Waals surface area contributed by atoms with Crippen LogP contribution < -0.4 is 0 Å². The van der Waals surface area contributed by atoms with Crippen LogP contribution >= 0.6 is 11.3 Å². The van der Waals surface area contributed by atoms with Gasteiger partial charge in [-0.15, -0.1) is 11.3 Å². The summed E-state index contributed by atoms with van der Waals surface area (Å²) in [6.07, 6.45) is 0. The van der Waals surface area contributed by atoms with E-state index in [9.17, 15) is 8.42 Å². The van der Waals surface area contributed by atoms with Crippen molar-refractivity contribution >= 4 is 21.5 Å². The molecule has 2 aromatic rings. The number of rotatable bonds is 5. The van der Waals surface area contributed by atoms with E-state index < -0.39 is 10.2 Å². The van der Waals surface area contributed by atoms with Crippen LogP contribution in [0.5, 0.6) is 0 Å². The molecule has 1 saturated heterocycles. The van der Waals surface area contributed by atoms with Crippen molar-refractivity contribution in [3.63, 3.8) is 0 Å². The fourth-order valence-electron chi connectivity index (χ4n) is 2.62. The molecule has 1 aliphatic heterocycles. The lowest BCUT2D eigenvalue weighted by atomic mass is 10.3. The first-order valence-electron chi connectivity index (χ1n) is 7.77. The molecule has 1 aliphatic rings. The third-order valence-corrected chi connectivity index (χ3v) is 6.85. The number of thiazole rings is 1. The highest BCUT2D eigenvalue weighted by Gasteiger charge is 2.28. The number of hydrogen-bond acceptors (Lipinski definition) is 6. The van der Waals surface area contributed by atoms with Gasteiger partial charge >= 0.3 is 0 Å². The van der Waals surface area contributed by atoms with E-state index in [1.807, 2.05) is 24.4 Å². The van der Waals surface area contributed by atoms with E-state index in [4.69, 9.17) is 4.42 Å². The summed E-state index contributed by atoms with van der Waals surface area (Å²) >= 11 is 1.57. The maximum atomic E-state index is 12.1. The number of aryl methyl sites for hydroxylation is 1. The zero-order valence-corrected chi connectivity index (χ0v) is 15.7. The first kappa shape index (κ1) is 17.6. The molecule has 0 atom stereocenters. The normalized spacial score (nSPS) is 17.7. The van der Waals surface area contributed by atoms with Gasteiger partial charge in [-0.3, -0.25) is 4.90 Å². The highest BCUT2D eigenvalue weighted by atomic mass is 32.2. The number of aromatic nitrogens is 1. The van der Waals surface area contributed by atoms with E-state index >= 15 is 0 Å². The first-order valence-corrected chi connectivity index (χ1v) is 10.0. The van der Waals surface area contributed by atoms with Gasteiger partial charge in [-0.05, 0) is 19.1 Å². The lowest BCUT2D eigenvalue weighted by Gasteiger charge is -2.34. The van der Waals surface area contributed by atoms with Crippen LogP contribution in [0.4, 0.5) is 0 Å². The molecule has 0 bridgehead atoms. The van der Waals surface area contributed by atoms with Gasteiger partial charge < -0.3 is 4.42 Å². The summed E-state index contributed by atoms with van der Waals surface area (Å²) in [5.41, 5.74) is 0.993. The average molecular weight is 371 g/mol. The van der Waals surface area contributed by atoms with E-state index in [2.05, 4.69) is 9.88 Å². The van der Waals surface area contributed by atoms with Gasteiger partial charge in [0.2, 0.25) is 0 Å². The van der Waals surface area contributed by atoms with Crippen molar-refractivity contribution in [1.82, 2.24) is 18.5 Å². The number of piperazine rings is 1. The molecular weight excluding hydrogens is 348 g/mol. The minimum absolute atomic E-state index is 0.509. The summed E-state index contributed by atoms with van der Waals surface area (Å²) in [7, 11) is -0.183. The van der Waals surface area contributed by atoms with E-state index in [1.54, 1.807) is 25.4 Å². The van der Waals surface area contributed by atoms with Crippen LogP contribution in [0.3, 0.4) is 0 Å². The second-order valence-corrected chi connectivity index (χ2v) is 9.02. The maximum Gasteiger partial charge on any atom is 0.281 e. The number of furan rings is 1. The van der Waals surface area contributed by atoms with Crippen LogP contribution in [0, 0.1) is 6.92 Å². The largest absolute Gasteiger partial charge is 0.459 e. The Hall–Kier alpha value is -1.26. The first-order chi connectivity index (χ1) is 11.4. The zero-order valence-electron chi connectivity index (χ0n) is 14.1. The summed E-state index contributed by atoms with van der Waals surface area (Å²) in [4.78, 5) is 6.86. The molecule has 0 aliphatic carbocycles. The summed E-state index contributed by atoms with van der Waals surface area (Å²) in [6.45, 7) is 5.08. The molecule has 132 valence electrons. The van der Waals surface area contributed by atoms with Gasteiger partial charge in [0.05, 0.1) is 5.69 Å².